The fourth-order valence-corrected chi connectivity index (χ4v) is 5.81. The second-order valence-corrected chi connectivity index (χ2v) is 9.68. The first kappa shape index (κ1) is 23.6. The number of esters is 1. The van der Waals surface area contributed by atoms with Gasteiger partial charge in [-0.15, -0.1) is 11.3 Å². The van der Waals surface area contributed by atoms with Crippen molar-refractivity contribution in [1.29, 1.82) is 0 Å². The van der Waals surface area contributed by atoms with E-state index in [2.05, 4.69) is 0 Å². The number of nitro groups is 1. The van der Waals surface area contributed by atoms with E-state index in [4.69, 9.17) is 9.57 Å². The van der Waals surface area contributed by atoms with E-state index in [0.29, 0.717) is 16.8 Å². The van der Waals surface area contributed by atoms with Gasteiger partial charge in [0.1, 0.15) is 10.9 Å². The molecule has 3 atom stereocenters. The Morgan fingerprint density at radius 3 is 2.33 bits per heavy atom. The Hall–Kier alpha value is -4.09. The summed E-state index contributed by atoms with van der Waals surface area (Å²) < 4.78 is 4.91. The number of thiophene rings is 1. The van der Waals surface area contributed by atoms with E-state index in [1.165, 1.54) is 35.6 Å². The van der Waals surface area contributed by atoms with Crippen LogP contribution >= 0.6 is 11.3 Å². The number of imide groups is 1. The van der Waals surface area contributed by atoms with Crippen molar-refractivity contribution in [2.45, 2.75) is 26.0 Å². The SMILES string of the molecule is COC(=O)c1c(N2C(=O)[C@H]3[C@@H](c4ccc([N+](=O)[O-])cc4)N(c4ccccc4)O[C@H]3C2=O)sc(C)c1C. The number of fused-ring (bicyclic) bond motifs is 1. The molecule has 2 saturated heterocycles. The molecule has 0 saturated carbocycles. The van der Waals surface area contributed by atoms with Gasteiger partial charge in [0.25, 0.3) is 11.6 Å². The largest absolute Gasteiger partial charge is 0.465 e. The van der Waals surface area contributed by atoms with Crippen molar-refractivity contribution in [2.24, 2.45) is 5.92 Å². The minimum atomic E-state index is -1.13. The minimum Gasteiger partial charge on any atom is -0.465 e. The molecule has 2 fully saturated rings. The average Bonchev–Trinajstić information content (AvgIpc) is 3.49. The molecule has 3 aromatic rings. The molecule has 2 aliphatic rings. The molecule has 1 aromatic heterocycles. The molecular formula is C25H21N3O7S. The van der Waals surface area contributed by atoms with Crippen LogP contribution < -0.4 is 9.96 Å². The number of hydroxylamine groups is 1. The maximum atomic E-state index is 13.9. The molecule has 0 bridgehead atoms. The van der Waals surface area contributed by atoms with Crippen LogP contribution in [0.25, 0.3) is 0 Å². The van der Waals surface area contributed by atoms with Gasteiger partial charge in [0.15, 0.2) is 6.10 Å². The fourth-order valence-electron chi connectivity index (χ4n) is 4.65. The molecule has 2 aromatic carbocycles. The predicted octanol–water partition coefficient (Wildman–Crippen LogP) is 4.11. The number of nitro benzene ring substituents is 1. The maximum absolute atomic E-state index is 13.9. The van der Waals surface area contributed by atoms with Gasteiger partial charge in [-0.2, -0.15) is 0 Å². The zero-order valence-electron chi connectivity index (χ0n) is 19.5. The summed E-state index contributed by atoms with van der Waals surface area (Å²) in [4.78, 5) is 58.5. The molecular weight excluding hydrogens is 486 g/mol. The molecule has 0 N–H and O–H groups in total. The number of carbonyl (C=O) groups is 3. The second kappa shape index (κ2) is 8.85. The number of carbonyl (C=O) groups excluding carboxylic acids is 3. The highest BCUT2D eigenvalue weighted by Gasteiger charge is 2.61. The van der Waals surface area contributed by atoms with E-state index < -0.39 is 40.8 Å². The summed E-state index contributed by atoms with van der Waals surface area (Å²) in [6.45, 7) is 3.54. The molecule has 3 heterocycles. The normalized spacial score (nSPS) is 21.1. The number of nitrogens with zero attached hydrogens (tertiary/aromatic N) is 3. The predicted molar refractivity (Wildman–Crippen MR) is 131 cm³/mol. The molecule has 184 valence electrons. The van der Waals surface area contributed by atoms with Crippen molar-refractivity contribution in [1.82, 2.24) is 0 Å². The van der Waals surface area contributed by atoms with Crippen molar-refractivity contribution in [3.63, 3.8) is 0 Å². The number of hydrogen-bond donors (Lipinski definition) is 0. The van der Waals surface area contributed by atoms with Crippen LogP contribution in [0.5, 0.6) is 0 Å². The summed E-state index contributed by atoms with van der Waals surface area (Å²) >= 11 is 1.17. The number of non-ortho nitro benzene ring substituents is 1. The van der Waals surface area contributed by atoms with Crippen molar-refractivity contribution >= 4 is 45.5 Å². The lowest BCUT2D eigenvalue weighted by molar-refractivity contribution is -0.384. The van der Waals surface area contributed by atoms with Gasteiger partial charge in [0, 0.05) is 17.0 Å². The van der Waals surface area contributed by atoms with E-state index in [1.807, 2.05) is 6.07 Å². The Morgan fingerprint density at radius 1 is 1.06 bits per heavy atom. The van der Waals surface area contributed by atoms with Crippen LogP contribution in [0.3, 0.4) is 0 Å². The molecule has 0 aliphatic carbocycles. The monoisotopic (exact) mass is 507 g/mol. The Bertz CT molecular complexity index is 1390. The number of benzene rings is 2. The van der Waals surface area contributed by atoms with Crippen LogP contribution in [0.15, 0.2) is 54.6 Å². The van der Waals surface area contributed by atoms with Gasteiger partial charge < -0.3 is 4.74 Å². The topological polar surface area (TPSA) is 119 Å². The molecule has 11 heteroatoms. The number of rotatable bonds is 5. The van der Waals surface area contributed by atoms with Crippen LogP contribution in [0.2, 0.25) is 0 Å². The zero-order chi connectivity index (χ0) is 25.7. The highest BCUT2D eigenvalue weighted by Crippen LogP contribution is 2.49. The van der Waals surface area contributed by atoms with E-state index in [-0.39, 0.29) is 16.3 Å². The molecule has 36 heavy (non-hydrogen) atoms. The number of methoxy groups -OCH3 is 1. The standard InChI is InChI=1S/C25H21N3O7S/c1-13-14(2)36-24(18(13)25(31)34-3)26-22(29)19-20(15-9-11-17(12-10-15)28(32)33)27(35-21(19)23(26)30)16-7-5-4-6-8-16/h4-12,19-21H,1-3H3/t19-,20+,21+/m0/s1. The van der Waals surface area contributed by atoms with Gasteiger partial charge in [-0.3, -0.25) is 24.5 Å². The average molecular weight is 508 g/mol. The van der Waals surface area contributed by atoms with E-state index in [9.17, 15) is 24.5 Å². The van der Waals surface area contributed by atoms with E-state index >= 15 is 0 Å². The van der Waals surface area contributed by atoms with E-state index in [0.717, 1.165) is 9.78 Å². The summed E-state index contributed by atoms with van der Waals surface area (Å²) in [7, 11) is 1.24. The lowest BCUT2D eigenvalue weighted by Gasteiger charge is -2.28. The summed E-state index contributed by atoms with van der Waals surface area (Å²) in [5.41, 5.74) is 1.92. The summed E-state index contributed by atoms with van der Waals surface area (Å²) in [5, 5.41) is 12.9. The molecule has 5 rings (SSSR count). The van der Waals surface area contributed by atoms with Gasteiger partial charge >= 0.3 is 5.97 Å². The summed E-state index contributed by atoms with van der Waals surface area (Å²) in [6, 6.07) is 14.1. The first-order valence-electron chi connectivity index (χ1n) is 11.1. The summed E-state index contributed by atoms with van der Waals surface area (Å²) in [5.74, 6) is -2.67. The lowest BCUT2D eigenvalue weighted by Crippen LogP contribution is -2.37. The Kier molecular flexibility index (Phi) is 5.81. The third-order valence-electron chi connectivity index (χ3n) is 6.53. The van der Waals surface area contributed by atoms with Gasteiger partial charge in [-0.05, 0) is 37.1 Å². The van der Waals surface area contributed by atoms with Gasteiger partial charge in [0.05, 0.1) is 29.3 Å². The van der Waals surface area contributed by atoms with Crippen molar-refractivity contribution in [2.75, 3.05) is 17.1 Å². The van der Waals surface area contributed by atoms with Crippen LogP contribution in [-0.4, -0.2) is 35.9 Å². The minimum absolute atomic E-state index is 0.0943. The number of aryl methyl sites for hydroxylation is 1. The molecule has 2 aliphatic heterocycles. The van der Waals surface area contributed by atoms with Gasteiger partial charge in [-0.25, -0.2) is 14.8 Å². The molecule has 0 radical (unpaired) electrons. The molecule has 10 nitrogen and oxygen atoms in total. The number of para-hydroxylation sites is 1. The van der Waals surface area contributed by atoms with Crippen LogP contribution in [-0.2, 0) is 19.2 Å². The molecule has 0 spiro atoms. The van der Waals surface area contributed by atoms with Crippen LogP contribution in [0.4, 0.5) is 16.4 Å². The number of ether oxygens (including phenoxy) is 1. The first-order chi connectivity index (χ1) is 17.2. The highest BCUT2D eigenvalue weighted by atomic mass is 32.1. The van der Waals surface area contributed by atoms with E-state index in [1.54, 1.807) is 50.2 Å². The second-order valence-electron chi connectivity index (χ2n) is 8.47. The summed E-state index contributed by atoms with van der Waals surface area (Å²) in [6.07, 6.45) is -1.13. The van der Waals surface area contributed by atoms with Crippen molar-refractivity contribution in [3.05, 3.63) is 86.3 Å². The smallest absolute Gasteiger partial charge is 0.341 e. The number of hydrogen-bond acceptors (Lipinski definition) is 9. The Balaban J connectivity index is 1.60. The first-order valence-corrected chi connectivity index (χ1v) is 11.9. The highest BCUT2D eigenvalue weighted by molar-refractivity contribution is 7.17. The lowest BCUT2D eigenvalue weighted by atomic mass is 9.90. The van der Waals surface area contributed by atoms with Gasteiger partial charge in [-0.1, -0.05) is 30.3 Å². The van der Waals surface area contributed by atoms with Crippen LogP contribution in [0, 0.1) is 29.9 Å². The quantitative estimate of drug-likeness (QED) is 0.219. The molecule has 2 amide bonds. The zero-order valence-corrected chi connectivity index (χ0v) is 20.4. The number of anilines is 2. The third-order valence-corrected chi connectivity index (χ3v) is 7.72. The fraction of sp³-hybridized carbons (Fsp3) is 0.240. The Morgan fingerprint density at radius 2 is 1.72 bits per heavy atom. The third kappa shape index (κ3) is 3.55. The number of amides is 2. The molecule has 0 unspecified atom stereocenters. The maximum Gasteiger partial charge on any atom is 0.341 e. The van der Waals surface area contributed by atoms with Crippen LogP contribution in [0.1, 0.15) is 32.4 Å². The Labute approximate surface area is 209 Å². The van der Waals surface area contributed by atoms with Crippen molar-refractivity contribution in [3.8, 4) is 0 Å². The van der Waals surface area contributed by atoms with Gasteiger partial charge in [0.2, 0.25) is 5.91 Å². The van der Waals surface area contributed by atoms with Crippen molar-refractivity contribution < 1.29 is 28.9 Å².